The summed E-state index contributed by atoms with van der Waals surface area (Å²) in [5, 5.41) is 12.0. The monoisotopic (exact) mass is 262 g/mol. The molecule has 2 radical (unpaired) electrons. The Labute approximate surface area is 94.1 Å². The maximum atomic E-state index is 7.00. The fraction of sp³-hybridized carbons (Fsp3) is 0.200. The molecule has 0 aliphatic heterocycles. The average Bonchev–Trinajstić information content (AvgIpc) is 2.30. The zero-order valence-corrected chi connectivity index (χ0v) is 10.4. The van der Waals surface area contributed by atoms with Crippen molar-refractivity contribution in [3.05, 3.63) is 9.93 Å². The molecule has 0 aliphatic rings. The highest BCUT2D eigenvalue weighted by Gasteiger charge is 1.47. The molecule has 0 heterocycles. The second-order valence-corrected chi connectivity index (χ2v) is 1.63. The van der Waals surface area contributed by atoms with Crippen LogP contribution in [-0.4, -0.2) is 48.3 Å². The van der Waals surface area contributed by atoms with E-state index in [-0.39, 0.29) is 25.8 Å². The molecule has 0 fully saturated rings. The number of hydrogen-bond donors (Lipinski definition) is 2. The smallest absolute Gasteiger partial charge is 0.240 e. The molecule has 14 heavy (non-hydrogen) atoms. The summed E-state index contributed by atoms with van der Waals surface area (Å²) in [5.74, 6) is 0. The molecule has 5 nitrogen and oxygen atoms in total. The fourth-order valence-electron chi connectivity index (χ4n) is 0.0340. The SMILES string of the molecule is C.C#[Si].C#[Si].C#[Si]O[Si]#C.O=O.OO. The van der Waals surface area contributed by atoms with Crippen molar-refractivity contribution in [2.75, 3.05) is 0 Å². The Balaban J connectivity index is -0.0000000156. The molecule has 0 aromatic heterocycles. The molecular formula is C5H10O5Si4. The highest BCUT2D eigenvalue weighted by molar-refractivity contribution is 6.28. The van der Waals surface area contributed by atoms with Gasteiger partial charge in [0, 0.05) is 29.3 Å². The lowest BCUT2D eigenvalue weighted by Gasteiger charge is -1.66. The van der Waals surface area contributed by atoms with Crippen molar-refractivity contribution < 1.29 is 14.6 Å². The lowest BCUT2D eigenvalue weighted by molar-refractivity contribution is -0.176. The lowest BCUT2D eigenvalue weighted by Crippen LogP contribution is -1.76. The van der Waals surface area contributed by atoms with E-state index in [1.54, 1.807) is 0 Å². The van der Waals surface area contributed by atoms with E-state index in [1.807, 2.05) is 0 Å². The van der Waals surface area contributed by atoms with Gasteiger partial charge in [-0.1, -0.05) is 7.43 Å². The van der Waals surface area contributed by atoms with E-state index in [1.165, 1.54) is 0 Å². The highest BCUT2D eigenvalue weighted by atomic mass is 28.3. The van der Waals surface area contributed by atoms with Gasteiger partial charge in [0.25, 0.3) is 0 Å². The maximum Gasteiger partial charge on any atom is 0.240 e. The summed E-state index contributed by atoms with van der Waals surface area (Å²) in [6.07, 6.45) is 0. The first-order valence-corrected chi connectivity index (χ1v) is 5.06. The molecule has 0 saturated heterocycles. The van der Waals surface area contributed by atoms with E-state index in [4.69, 9.17) is 32.4 Å². The molecule has 76 valence electrons. The Bertz CT molecular complexity index is 148. The molecule has 2 N–H and O–H groups in total. The van der Waals surface area contributed by atoms with Crippen LogP contribution < -0.4 is 0 Å². The van der Waals surface area contributed by atoms with Crippen LogP contribution in [0.25, 0.3) is 0 Å². The molecule has 0 saturated carbocycles. The summed E-state index contributed by atoms with van der Waals surface area (Å²) in [7, 11) is 5.03. The Morgan fingerprint density at radius 3 is 1.07 bits per heavy atom. The van der Waals surface area contributed by atoms with Crippen molar-refractivity contribution in [1.29, 1.82) is 0 Å². The third-order valence-corrected chi connectivity index (χ3v) is 1.06. The van der Waals surface area contributed by atoms with Crippen molar-refractivity contribution in [2.45, 2.75) is 7.43 Å². The fourth-order valence-corrected chi connectivity index (χ4v) is 0.306. The zero-order valence-electron chi connectivity index (χ0n) is 6.43. The summed E-state index contributed by atoms with van der Waals surface area (Å²) in [5.41, 5.74) is 0. The van der Waals surface area contributed by atoms with Crippen LogP contribution >= 0.6 is 0 Å². The van der Waals surface area contributed by atoms with E-state index < -0.39 is 0 Å². The Morgan fingerprint density at radius 2 is 1.07 bits per heavy atom. The van der Waals surface area contributed by atoms with Crippen molar-refractivity contribution in [3.63, 3.8) is 0 Å². The second-order valence-electron chi connectivity index (χ2n) is 0.338. The molecule has 9 heteroatoms. The first kappa shape index (κ1) is 37.7. The Kier molecular flexibility index (Phi) is 797. The van der Waals surface area contributed by atoms with Gasteiger partial charge in [-0.15, -0.1) is 12.0 Å². The molecule has 0 aromatic rings. The quantitative estimate of drug-likeness (QED) is 0.353. The van der Waals surface area contributed by atoms with E-state index in [2.05, 4.69) is 35.5 Å². The van der Waals surface area contributed by atoms with Crippen molar-refractivity contribution in [2.24, 2.45) is 0 Å². The molecule has 0 amide bonds. The molecule has 0 rings (SSSR count). The van der Waals surface area contributed by atoms with Crippen LogP contribution in [-0.2, 0) is 4.12 Å². The Morgan fingerprint density at radius 1 is 0.929 bits per heavy atom. The van der Waals surface area contributed by atoms with E-state index in [9.17, 15) is 0 Å². The third-order valence-electron chi connectivity index (χ3n) is 0.118. The topological polar surface area (TPSA) is 83.8 Å². The third kappa shape index (κ3) is 703. The van der Waals surface area contributed by atoms with Crippen LogP contribution in [0.4, 0.5) is 0 Å². The van der Waals surface area contributed by atoms with E-state index >= 15 is 0 Å². The predicted octanol–water partition coefficient (Wildman–Crippen LogP) is -0.372. The molecule has 0 unspecified atom stereocenters. The zero-order chi connectivity index (χ0) is 12.1. The van der Waals surface area contributed by atoms with Gasteiger partial charge in [0.15, 0.2) is 0 Å². The van der Waals surface area contributed by atoms with Crippen LogP contribution in [0.2, 0.25) is 0 Å². The summed E-state index contributed by atoms with van der Waals surface area (Å²) >= 11 is 0. The molecule has 0 aliphatic carbocycles. The minimum Gasteiger partial charge on any atom is -0.480 e. The highest BCUT2D eigenvalue weighted by Crippen LogP contribution is 1.32. The summed E-state index contributed by atoms with van der Waals surface area (Å²) in [6, 6.07) is 18.4. The van der Waals surface area contributed by atoms with E-state index in [0.717, 1.165) is 0 Å². The second kappa shape index (κ2) is 296. The van der Waals surface area contributed by atoms with Gasteiger partial charge < -0.3 is 4.12 Å². The molecule has 0 spiro atoms. The average molecular weight is 262 g/mol. The Hall–Kier alpha value is -0.692. The van der Waals surface area contributed by atoms with Crippen LogP contribution in [0, 0.1) is 33.9 Å². The minimum atomic E-state index is 0. The number of hydrogen-bond acceptors (Lipinski definition) is 5. The van der Waals surface area contributed by atoms with Gasteiger partial charge in [-0.3, -0.25) is 10.5 Å². The van der Waals surface area contributed by atoms with Crippen LogP contribution in [0.1, 0.15) is 7.43 Å². The van der Waals surface area contributed by atoms with Gasteiger partial charge in [0.2, 0.25) is 18.4 Å². The van der Waals surface area contributed by atoms with Gasteiger partial charge in [0.05, 0.1) is 0 Å². The van der Waals surface area contributed by atoms with Crippen molar-refractivity contribution in [3.8, 4) is 24.0 Å². The molecule has 0 atom stereocenters. The van der Waals surface area contributed by atoms with Crippen molar-refractivity contribution >= 4 is 37.8 Å². The van der Waals surface area contributed by atoms with Crippen LogP contribution in [0.3, 0.4) is 0 Å². The summed E-state index contributed by atoms with van der Waals surface area (Å²) in [4.78, 5) is 14.0. The first-order valence-electron chi connectivity index (χ1n) is 1.93. The molecular weight excluding hydrogens is 252 g/mol. The van der Waals surface area contributed by atoms with Gasteiger partial charge >= 0.3 is 0 Å². The minimum absolute atomic E-state index is 0. The largest absolute Gasteiger partial charge is 0.480 e. The summed E-state index contributed by atoms with van der Waals surface area (Å²) in [6.45, 7) is 0. The predicted molar refractivity (Wildman–Crippen MR) is 62.6 cm³/mol. The first-order chi connectivity index (χ1) is 6.41. The van der Waals surface area contributed by atoms with Gasteiger partial charge in [0.1, 0.15) is 0 Å². The normalized spacial score (nSPS) is 2.29. The standard InChI is InChI=1S/C2H2OSi2.2CHSi.CH4.H2O2.O2/c1-4-3-5-2;2*1-2;;2*1-2/h1-2H;2*1H;1H4;1-2H;. The molecule has 0 aromatic carbocycles. The molecule has 0 bridgehead atoms. The lowest BCUT2D eigenvalue weighted by atomic mass is 12.0. The number of rotatable bonds is 0. The van der Waals surface area contributed by atoms with E-state index in [0.29, 0.717) is 0 Å². The van der Waals surface area contributed by atoms with Gasteiger partial charge in [-0.25, -0.2) is 0 Å². The summed E-state index contributed by atoms with van der Waals surface area (Å²) < 4.78 is 4.44. The van der Waals surface area contributed by atoms with Crippen LogP contribution in [0.5, 0.6) is 0 Å². The van der Waals surface area contributed by atoms with Crippen molar-refractivity contribution in [1.82, 2.24) is 0 Å². The van der Waals surface area contributed by atoms with Gasteiger partial charge in [-0.2, -0.15) is 12.0 Å². The maximum absolute atomic E-state index is 7.00. The van der Waals surface area contributed by atoms with Gasteiger partial charge in [-0.05, 0) is 0 Å². The van der Waals surface area contributed by atoms with Crippen LogP contribution in [0.15, 0.2) is 0 Å².